The van der Waals surface area contributed by atoms with Crippen LogP contribution in [0.3, 0.4) is 0 Å². The Bertz CT molecular complexity index is 925. The molecule has 0 aliphatic carbocycles. The summed E-state index contributed by atoms with van der Waals surface area (Å²) in [7, 11) is 1.54. The van der Waals surface area contributed by atoms with E-state index in [1.54, 1.807) is 54.6 Å². The lowest BCUT2D eigenvalue weighted by Gasteiger charge is -2.26. The summed E-state index contributed by atoms with van der Waals surface area (Å²) in [5.41, 5.74) is 1.23. The van der Waals surface area contributed by atoms with Gasteiger partial charge in [0.2, 0.25) is 11.8 Å². The summed E-state index contributed by atoms with van der Waals surface area (Å²) in [6.45, 7) is 3.85. The number of hydrogen-bond acceptors (Lipinski definition) is 4. The summed E-state index contributed by atoms with van der Waals surface area (Å²) in [6.07, 6.45) is 1.59. The lowest BCUT2D eigenvalue weighted by Crippen LogP contribution is -2.46. The van der Waals surface area contributed by atoms with Gasteiger partial charge in [-0.2, -0.15) is 0 Å². The largest absolute Gasteiger partial charge is 0.497 e. The number of benzene rings is 2. The van der Waals surface area contributed by atoms with Crippen LogP contribution in [0.2, 0.25) is 5.02 Å². The molecule has 1 heterocycles. The Morgan fingerprint density at radius 1 is 1.21 bits per heavy atom. The molecule has 0 spiro atoms. The smallest absolute Gasteiger partial charge is 0.257 e. The summed E-state index contributed by atoms with van der Waals surface area (Å²) in [6, 6.07) is 12.7. The predicted molar refractivity (Wildman–Crippen MR) is 111 cm³/mol. The summed E-state index contributed by atoms with van der Waals surface area (Å²) in [5.74, 6) is -0.407. The Morgan fingerprint density at radius 2 is 1.86 bits per heavy atom. The average Bonchev–Trinajstić information content (AvgIpc) is 3.01. The van der Waals surface area contributed by atoms with Crippen LogP contribution in [0.5, 0.6) is 5.75 Å². The second-order valence-electron chi connectivity index (χ2n) is 6.62. The number of amides is 3. The van der Waals surface area contributed by atoms with Crippen LogP contribution in [0.4, 0.5) is 5.69 Å². The second-order valence-corrected chi connectivity index (χ2v) is 7.06. The summed E-state index contributed by atoms with van der Waals surface area (Å²) in [5, 5.41) is 0.579. The Morgan fingerprint density at radius 3 is 2.45 bits per heavy atom. The SMILES string of the molecule is C=CCN(C(=O)Cc1ccc(Cl)cc1)C1CC(=O)N(c2ccc(OC)cc2)C1=O. The third kappa shape index (κ3) is 4.49. The van der Waals surface area contributed by atoms with Crippen LogP contribution < -0.4 is 9.64 Å². The fourth-order valence-corrected chi connectivity index (χ4v) is 3.41. The maximum Gasteiger partial charge on any atom is 0.257 e. The van der Waals surface area contributed by atoms with Gasteiger partial charge in [-0.3, -0.25) is 14.4 Å². The van der Waals surface area contributed by atoms with E-state index in [1.165, 1.54) is 12.0 Å². The highest BCUT2D eigenvalue weighted by Gasteiger charge is 2.43. The van der Waals surface area contributed by atoms with Crippen LogP contribution >= 0.6 is 11.6 Å². The Hall–Kier alpha value is -3.12. The first-order chi connectivity index (χ1) is 13.9. The van der Waals surface area contributed by atoms with Crippen LogP contribution in [0.15, 0.2) is 61.2 Å². The van der Waals surface area contributed by atoms with Crippen LogP contribution in [0.25, 0.3) is 0 Å². The molecule has 0 N–H and O–H groups in total. The van der Waals surface area contributed by atoms with Crippen LogP contribution in [0.1, 0.15) is 12.0 Å². The second kappa shape index (κ2) is 8.92. The minimum absolute atomic E-state index is 0.0644. The third-order valence-electron chi connectivity index (χ3n) is 4.74. The molecular formula is C22H21ClN2O4. The van der Waals surface area contributed by atoms with E-state index in [0.717, 1.165) is 10.5 Å². The molecule has 2 aromatic rings. The summed E-state index contributed by atoms with van der Waals surface area (Å²) >= 11 is 5.89. The molecular weight excluding hydrogens is 392 g/mol. The number of carbonyl (C=O) groups is 3. The molecule has 1 aliphatic rings. The van der Waals surface area contributed by atoms with Crippen LogP contribution in [-0.2, 0) is 20.8 Å². The highest BCUT2D eigenvalue weighted by molar-refractivity contribution is 6.30. The Kier molecular flexibility index (Phi) is 6.34. The fraction of sp³-hybridized carbons (Fsp3) is 0.227. The van der Waals surface area contributed by atoms with E-state index < -0.39 is 11.9 Å². The number of anilines is 1. The molecule has 3 amide bonds. The highest BCUT2D eigenvalue weighted by Crippen LogP contribution is 2.27. The number of ether oxygens (including phenoxy) is 1. The molecule has 1 unspecified atom stereocenters. The standard InChI is InChI=1S/C22H21ClN2O4/c1-3-12-24(20(26)13-15-4-6-16(23)7-5-15)19-14-21(27)25(22(19)28)17-8-10-18(29-2)11-9-17/h3-11,19H,1,12-14H2,2H3. The van der Waals surface area contributed by atoms with Gasteiger partial charge in [-0.25, -0.2) is 4.90 Å². The van der Waals surface area contributed by atoms with Gasteiger partial charge in [-0.15, -0.1) is 6.58 Å². The fourth-order valence-electron chi connectivity index (χ4n) is 3.28. The van der Waals surface area contributed by atoms with Crippen molar-refractivity contribution < 1.29 is 19.1 Å². The van der Waals surface area contributed by atoms with E-state index in [9.17, 15) is 14.4 Å². The van der Waals surface area contributed by atoms with Gasteiger partial charge in [0.1, 0.15) is 11.8 Å². The predicted octanol–water partition coefficient (Wildman–Crippen LogP) is 3.24. The van der Waals surface area contributed by atoms with Crippen molar-refractivity contribution in [1.29, 1.82) is 0 Å². The molecule has 7 heteroatoms. The molecule has 29 heavy (non-hydrogen) atoms. The molecule has 1 aliphatic heterocycles. The average molecular weight is 413 g/mol. The summed E-state index contributed by atoms with van der Waals surface area (Å²) in [4.78, 5) is 41.0. The van der Waals surface area contributed by atoms with Crippen molar-refractivity contribution in [3.63, 3.8) is 0 Å². The zero-order valence-corrected chi connectivity index (χ0v) is 16.8. The van der Waals surface area contributed by atoms with Gasteiger partial charge in [0, 0.05) is 11.6 Å². The number of imide groups is 1. The number of carbonyl (C=O) groups excluding carboxylic acids is 3. The lowest BCUT2D eigenvalue weighted by molar-refractivity contribution is -0.137. The maximum atomic E-state index is 13.0. The quantitative estimate of drug-likeness (QED) is 0.517. The Balaban J connectivity index is 1.80. The Labute approximate surface area is 174 Å². The molecule has 0 saturated carbocycles. The number of nitrogens with zero attached hydrogens (tertiary/aromatic N) is 2. The van der Waals surface area contributed by atoms with Gasteiger partial charge >= 0.3 is 0 Å². The van der Waals surface area contributed by atoms with Gasteiger partial charge in [0.05, 0.1) is 25.6 Å². The minimum Gasteiger partial charge on any atom is -0.497 e. The van der Waals surface area contributed by atoms with E-state index >= 15 is 0 Å². The number of halogens is 1. The molecule has 1 fully saturated rings. The van der Waals surface area contributed by atoms with E-state index in [-0.39, 0.29) is 31.2 Å². The van der Waals surface area contributed by atoms with Gasteiger partial charge < -0.3 is 9.64 Å². The van der Waals surface area contributed by atoms with Crippen LogP contribution in [0, 0.1) is 0 Å². The first kappa shape index (κ1) is 20.6. The zero-order chi connectivity index (χ0) is 21.0. The topological polar surface area (TPSA) is 66.9 Å². The van der Waals surface area contributed by atoms with Crippen molar-refractivity contribution in [2.24, 2.45) is 0 Å². The molecule has 6 nitrogen and oxygen atoms in total. The minimum atomic E-state index is -0.859. The first-order valence-electron chi connectivity index (χ1n) is 9.10. The van der Waals surface area contributed by atoms with Gasteiger partial charge in [-0.05, 0) is 42.0 Å². The van der Waals surface area contributed by atoms with E-state index in [2.05, 4.69) is 6.58 Å². The molecule has 150 valence electrons. The van der Waals surface area contributed by atoms with E-state index in [1.807, 2.05) is 0 Å². The summed E-state index contributed by atoms with van der Waals surface area (Å²) < 4.78 is 5.11. The normalized spacial score (nSPS) is 16.1. The third-order valence-corrected chi connectivity index (χ3v) is 5.00. The van der Waals surface area contributed by atoms with Crippen molar-refractivity contribution in [3.05, 3.63) is 71.8 Å². The lowest BCUT2D eigenvalue weighted by atomic mass is 10.1. The van der Waals surface area contributed by atoms with Crippen molar-refractivity contribution in [2.75, 3.05) is 18.6 Å². The van der Waals surface area contributed by atoms with Gasteiger partial charge in [-0.1, -0.05) is 29.8 Å². The molecule has 2 aromatic carbocycles. The van der Waals surface area contributed by atoms with Crippen molar-refractivity contribution in [2.45, 2.75) is 18.9 Å². The van der Waals surface area contributed by atoms with Crippen molar-refractivity contribution in [1.82, 2.24) is 4.90 Å². The monoisotopic (exact) mass is 412 g/mol. The molecule has 1 saturated heterocycles. The van der Waals surface area contributed by atoms with Gasteiger partial charge in [0.25, 0.3) is 5.91 Å². The molecule has 0 radical (unpaired) electrons. The molecule has 0 bridgehead atoms. The highest BCUT2D eigenvalue weighted by atomic mass is 35.5. The van der Waals surface area contributed by atoms with Crippen molar-refractivity contribution >= 4 is 35.0 Å². The number of hydrogen-bond donors (Lipinski definition) is 0. The van der Waals surface area contributed by atoms with Gasteiger partial charge in [0.15, 0.2) is 0 Å². The zero-order valence-electron chi connectivity index (χ0n) is 16.0. The number of rotatable bonds is 7. The van der Waals surface area contributed by atoms with Crippen molar-refractivity contribution in [3.8, 4) is 5.75 Å². The molecule has 0 aromatic heterocycles. The van der Waals surface area contributed by atoms with E-state index in [0.29, 0.717) is 16.5 Å². The number of methoxy groups -OCH3 is 1. The maximum absolute atomic E-state index is 13.0. The first-order valence-corrected chi connectivity index (χ1v) is 9.48. The molecule has 3 rings (SSSR count). The molecule has 1 atom stereocenters. The van der Waals surface area contributed by atoms with E-state index in [4.69, 9.17) is 16.3 Å². The van der Waals surface area contributed by atoms with Crippen LogP contribution in [-0.4, -0.2) is 42.3 Å².